The van der Waals surface area contributed by atoms with Crippen molar-refractivity contribution in [3.63, 3.8) is 0 Å². The topological polar surface area (TPSA) is 41.6 Å². The largest absolute Gasteiger partial charge is 0.481 e. The molecule has 1 aromatic rings. The Balaban J connectivity index is 1.38. The molecule has 1 aliphatic carbocycles. The van der Waals surface area contributed by atoms with Crippen LogP contribution < -0.4 is 10.1 Å². The first-order valence-electron chi connectivity index (χ1n) is 9.55. The Bertz CT molecular complexity index is 549. The van der Waals surface area contributed by atoms with Gasteiger partial charge in [-0.3, -0.25) is 4.79 Å². The minimum absolute atomic E-state index is 0.0378. The maximum absolute atomic E-state index is 12.4. The zero-order valence-electron chi connectivity index (χ0n) is 15.0. The van der Waals surface area contributed by atoms with Crippen LogP contribution in [0.25, 0.3) is 0 Å². The van der Waals surface area contributed by atoms with Gasteiger partial charge < -0.3 is 15.0 Å². The third kappa shape index (κ3) is 5.61. The number of carbonyl (C=O) groups excluding carboxylic acids is 1. The Morgan fingerprint density at radius 3 is 2.48 bits per heavy atom. The number of amides is 1. The van der Waals surface area contributed by atoms with Crippen molar-refractivity contribution in [2.45, 2.75) is 57.6 Å². The second kappa shape index (κ2) is 8.91. The van der Waals surface area contributed by atoms with E-state index >= 15 is 0 Å². The van der Waals surface area contributed by atoms with Gasteiger partial charge in [-0.1, -0.05) is 24.4 Å². The van der Waals surface area contributed by atoms with Gasteiger partial charge in [0.2, 0.25) is 0 Å². The number of ether oxygens (including phenoxy) is 1. The number of benzene rings is 1. The third-order valence-corrected chi connectivity index (χ3v) is 5.67. The Kier molecular flexibility index (Phi) is 6.60. The van der Waals surface area contributed by atoms with Crippen molar-refractivity contribution < 1.29 is 9.53 Å². The van der Waals surface area contributed by atoms with Crippen LogP contribution in [0.4, 0.5) is 0 Å². The normalized spacial score (nSPS) is 21.2. The van der Waals surface area contributed by atoms with Gasteiger partial charge in [0.05, 0.1) is 0 Å². The molecule has 1 aliphatic heterocycles. The number of halogens is 1. The van der Waals surface area contributed by atoms with Crippen molar-refractivity contribution in [2.24, 2.45) is 5.92 Å². The lowest BCUT2D eigenvalue weighted by Gasteiger charge is -2.34. The zero-order valence-corrected chi connectivity index (χ0v) is 15.8. The lowest BCUT2D eigenvalue weighted by atomic mass is 10.0. The van der Waals surface area contributed by atoms with Crippen molar-refractivity contribution >= 4 is 17.5 Å². The van der Waals surface area contributed by atoms with Crippen LogP contribution in [-0.2, 0) is 4.79 Å². The van der Waals surface area contributed by atoms with E-state index in [4.69, 9.17) is 16.3 Å². The highest BCUT2D eigenvalue weighted by atomic mass is 35.5. The summed E-state index contributed by atoms with van der Waals surface area (Å²) in [6.45, 7) is 5.22. The molecule has 2 fully saturated rings. The van der Waals surface area contributed by atoms with E-state index in [1.54, 1.807) is 31.2 Å². The number of hydrogen-bond acceptors (Lipinski definition) is 3. The Morgan fingerprint density at radius 1 is 1.20 bits per heavy atom. The predicted octanol–water partition coefficient (Wildman–Crippen LogP) is 3.88. The Hall–Kier alpha value is -1.26. The van der Waals surface area contributed by atoms with Crippen LogP contribution in [0.5, 0.6) is 5.75 Å². The quantitative estimate of drug-likeness (QED) is 0.832. The summed E-state index contributed by atoms with van der Waals surface area (Å²) in [4.78, 5) is 14.9. The van der Waals surface area contributed by atoms with Crippen molar-refractivity contribution in [3.8, 4) is 5.75 Å². The number of nitrogens with zero attached hydrogens (tertiary/aromatic N) is 1. The molecule has 0 spiro atoms. The number of hydrogen-bond donors (Lipinski definition) is 1. The van der Waals surface area contributed by atoms with Crippen LogP contribution in [0.2, 0.25) is 5.02 Å². The molecule has 3 rings (SSSR count). The summed E-state index contributed by atoms with van der Waals surface area (Å²) in [5, 5.41) is 3.81. The summed E-state index contributed by atoms with van der Waals surface area (Å²) in [5.74, 6) is 1.53. The average molecular weight is 365 g/mol. The number of piperidine rings is 1. The molecular weight excluding hydrogens is 336 g/mol. The van der Waals surface area contributed by atoms with Crippen molar-refractivity contribution in [3.05, 3.63) is 29.3 Å². The third-order valence-electron chi connectivity index (χ3n) is 5.42. The lowest BCUT2D eigenvalue weighted by Crippen LogP contribution is -2.48. The second-order valence-electron chi connectivity index (χ2n) is 7.45. The summed E-state index contributed by atoms with van der Waals surface area (Å²) in [6, 6.07) is 7.37. The fourth-order valence-electron chi connectivity index (χ4n) is 3.91. The average Bonchev–Trinajstić information content (AvgIpc) is 3.11. The molecule has 138 valence electrons. The van der Waals surface area contributed by atoms with E-state index in [9.17, 15) is 4.79 Å². The van der Waals surface area contributed by atoms with E-state index < -0.39 is 6.10 Å². The second-order valence-corrected chi connectivity index (χ2v) is 7.88. The summed E-state index contributed by atoms with van der Waals surface area (Å²) >= 11 is 5.87. The van der Waals surface area contributed by atoms with Crippen LogP contribution in [0.15, 0.2) is 24.3 Å². The van der Waals surface area contributed by atoms with Crippen molar-refractivity contribution in [2.75, 3.05) is 19.6 Å². The minimum atomic E-state index is -0.502. The molecule has 1 atom stereocenters. The molecule has 1 heterocycles. The van der Waals surface area contributed by atoms with Gasteiger partial charge in [0.1, 0.15) is 5.75 Å². The maximum Gasteiger partial charge on any atom is 0.260 e. The minimum Gasteiger partial charge on any atom is -0.481 e. The first-order chi connectivity index (χ1) is 12.1. The zero-order chi connectivity index (χ0) is 17.6. The molecule has 1 saturated heterocycles. The lowest BCUT2D eigenvalue weighted by molar-refractivity contribution is -0.128. The fraction of sp³-hybridized carbons (Fsp3) is 0.650. The maximum atomic E-state index is 12.4. The Labute approximate surface area is 155 Å². The molecule has 0 bridgehead atoms. The SMILES string of the molecule is C[C@@H](Oc1ccc(Cl)cc1)C(=O)NC1CCN(CC2CCCC2)CC1. The van der Waals surface area contributed by atoms with Crippen molar-refractivity contribution in [1.82, 2.24) is 10.2 Å². The number of rotatable bonds is 6. The molecule has 5 heteroatoms. The summed E-state index contributed by atoms with van der Waals surface area (Å²) in [7, 11) is 0. The molecular formula is C20H29ClN2O2. The van der Waals surface area contributed by atoms with Crippen LogP contribution in [0.3, 0.4) is 0 Å². The highest BCUT2D eigenvalue weighted by molar-refractivity contribution is 6.30. The number of likely N-dealkylation sites (tertiary alicyclic amines) is 1. The van der Waals surface area contributed by atoms with Crippen LogP contribution in [-0.4, -0.2) is 42.6 Å². The summed E-state index contributed by atoms with van der Waals surface area (Å²) < 4.78 is 5.70. The van der Waals surface area contributed by atoms with Gasteiger partial charge >= 0.3 is 0 Å². The van der Waals surface area contributed by atoms with Gasteiger partial charge in [0.15, 0.2) is 6.10 Å². The van der Waals surface area contributed by atoms with E-state index in [0.29, 0.717) is 10.8 Å². The van der Waals surface area contributed by atoms with Crippen LogP contribution in [0, 0.1) is 5.92 Å². The number of nitrogens with one attached hydrogen (secondary N) is 1. The van der Waals surface area contributed by atoms with E-state index in [2.05, 4.69) is 10.2 Å². The molecule has 4 nitrogen and oxygen atoms in total. The van der Waals surface area contributed by atoms with Gasteiger partial charge in [-0.2, -0.15) is 0 Å². The highest BCUT2D eigenvalue weighted by Gasteiger charge is 2.25. The molecule has 1 amide bonds. The van der Waals surface area contributed by atoms with Crippen LogP contribution in [0.1, 0.15) is 45.4 Å². The van der Waals surface area contributed by atoms with Gasteiger partial charge in [-0.05, 0) is 62.8 Å². The standard InChI is InChI=1S/C20H29ClN2O2/c1-15(25-19-8-6-17(21)7-9-19)20(24)22-18-10-12-23(13-11-18)14-16-4-2-3-5-16/h6-9,15-16,18H,2-5,10-14H2,1H3,(H,22,24)/t15-/m1/s1. The molecule has 0 radical (unpaired) electrons. The van der Waals surface area contributed by atoms with Gasteiger partial charge in [0.25, 0.3) is 5.91 Å². The van der Waals surface area contributed by atoms with Crippen LogP contribution >= 0.6 is 11.6 Å². The fourth-order valence-corrected chi connectivity index (χ4v) is 4.03. The molecule has 0 aromatic heterocycles. The first kappa shape index (κ1) is 18.5. The Morgan fingerprint density at radius 2 is 1.84 bits per heavy atom. The molecule has 2 aliphatic rings. The van der Waals surface area contributed by atoms with Crippen molar-refractivity contribution in [1.29, 1.82) is 0 Å². The summed E-state index contributed by atoms with van der Waals surface area (Å²) in [5.41, 5.74) is 0. The molecule has 1 saturated carbocycles. The van der Waals surface area contributed by atoms with Gasteiger partial charge in [-0.25, -0.2) is 0 Å². The van der Waals surface area contributed by atoms with E-state index in [-0.39, 0.29) is 11.9 Å². The predicted molar refractivity (Wildman–Crippen MR) is 101 cm³/mol. The summed E-state index contributed by atoms with van der Waals surface area (Å²) in [6.07, 6.45) is 7.17. The number of carbonyl (C=O) groups is 1. The molecule has 1 aromatic carbocycles. The monoisotopic (exact) mass is 364 g/mol. The first-order valence-corrected chi connectivity index (χ1v) is 9.93. The van der Waals surface area contributed by atoms with Gasteiger partial charge in [0, 0.05) is 30.7 Å². The van der Waals surface area contributed by atoms with E-state index in [0.717, 1.165) is 31.8 Å². The van der Waals surface area contributed by atoms with E-state index in [1.807, 2.05) is 0 Å². The van der Waals surface area contributed by atoms with E-state index in [1.165, 1.54) is 32.2 Å². The molecule has 1 N–H and O–H groups in total. The smallest absolute Gasteiger partial charge is 0.260 e. The molecule has 0 unspecified atom stereocenters. The highest BCUT2D eigenvalue weighted by Crippen LogP contribution is 2.26. The van der Waals surface area contributed by atoms with Gasteiger partial charge in [-0.15, -0.1) is 0 Å². The molecule has 25 heavy (non-hydrogen) atoms.